The van der Waals surface area contributed by atoms with Crippen LogP contribution in [0.15, 0.2) is 54.1 Å². The van der Waals surface area contributed by atoms with E-state index in [-0.39, 0.29) is 23.0 Å². The zero-order valence-corrected chi connectivity index (χ0v) is 13.8. The van der Waals surface area contributed by atoms with Crippen molar-refractivity contribution in [2.24, 2.45) is 11.5 Å². The van der Waals surface area contributed by atoms with Crippen LogP contribution in [0, 0.1) is 10.8 Å². The van der Waals surface area contributed by atoms with Crippen molar-refractivity contribution in [3.63, 3.8) is 0 Å². The van der Waals surface area contributed by atoms with Crippen LogP contribution < -0.4 is 11.5 Å². The first kappa shape index (κ1) is 15.7. The van der Waals surface area contributed by atoms with Gasteiger partial charge in [-0.2, -0.15) is 4.79 Å². The molecule has 3 aromatic carbocycles. The molecule has 6 nitrogen and oxygen atoms in total. The monoisotopic (exact) mass is 340 g/mol. The lowest BCUT2D eigenvalue weighted by molar-refractivity contribution is -0.00691. The SMILES string of the molecule is [N-]=[N+]=C1C(C(=N)N)=Cc2cc3cc4ccccc4cc3cc2C1C(=N)N. The van der Waals surface area contributed by atoms with E-state index < -0.39 is 5.92 Å². The summed E-state index contributed by atoms with van der Waals surface area (Å²) in [5, 5.41) is 20.0. The van der Waals surface area contributed by atoms with Gasteiger partial charge in [0.25, 0.3) is 0 Å². The lowest BCUT2D eigenvalue weighted by Crippen LogP contribution is -2.35. The number of hydrogen-bond donors (Lipinski definition) is 4. The highest BCUT2D eigenvalue weighted by Gasteiger charge is 2.38. The molecule has 0 aromatic heterocycles. The molecule has 0 bridgehead atoms. The number of fused-ring (bicyclic) bond motifs is 3. The van der Waals surface area contributed by atoms with Gasteiger partial charge in [0.15, 0.2) is 0 Å². The summed E-state index contributed by atoms with van der Waals surface area (Å²) < 4.78 is 0. The van der Waals surface area contributed by atoms with E-state index in [0.717, 1.165) is 32.7 Å². The molecule has 6 heteroatoms. The van der Waals surface area contributed by atoms with Gasteiger partial charge in [0, 0.05) is 0 Å². The molecule has 1 unspecified atom stereocenters. The van der Waals surface area contributed by atoms with Crippen molar-refractivity contribution in [2.75, 3.05) is 0 Å². The maximum Gasteiger partial charge on any atom is 0.317 e. The van der Waals surface area contributed by atoms with E-state index in [9.17, 15) is 5.53 Å². The molecule has 0 radical (unpaired) electrons. The van der Waals surface area contributed by atoms with Crippen molar-refractivity contribution in [1.29, 1.82) is 10.8 Å². The lowest BCUT2D eigenvalue weighted by atomic mass is 9.79. The second-order valence-corrected chi connectivity index (χ2v) is 6.37. The third kappa shape index (κ3) is 2.29. The summed E-state index contributed by atoms with van der Waals surface area (Å²) in [6.45, 7) is 0. The molecule has 6 N–H and O–H groups in total. The molecule has 0 saturated carbocycles. The average Bonchev–Trinajstić information content (AvgIpc) is 2.62. The maximum atomic E-state index is 9.45. The average molecular weight is 340 g/mol. The molecule has 1 atom stereocenters. The van der Waals surface area contributed by atoms with E-state index >= 15 is 0 Å². The first-order chi connectivity index (χ1) is 12.5. The third-order valence-electron chi connectivity index (χ3n) is 4.78. The summed E-state index contributed by atoms with van der Waals surface area (Å²) in [6, 6.07) is 16.2. The fraction of sp³-hybridized carbons (Fsp3) is 0.0500. The first-order valence-corrected chi connectivity index (χ1v) is 8.08. The Morgan fingerprint density at radius 3 is 2.08 bits per heavy atom. The van der Waals surface area contributed by atoms with Gasteiger partial charge in [0.1, 0.15) is 23.2 Å². The van der Waals surface area contributed by atoms with Gasteiger partial charge in [-0.1, -0.05) is 24.3 Å². The van der Waals surface area contributed by atoms with Crippen molar-refractivity contribution in [3.8, 4) is 0 Å². The van der Waals surface area contributed by atoms with Gasteiger partial charge < -0.3 is 17.0 Å². The second-order valence-electron chi connectivity index (χ2n) is 6.37. The van der Waals surface area contributed by atoms with Crippen molar-refractivity contribution in [2.45, 2.75) is 5.92 Å². The minimum absolute atomic E-state index is 0.123. The van der Waals surface area contributed by atoms with Crippen LogP contribution in [0.2, 0.25) is 0 Å². The van der Waals surface area contributed by atoms with Gasteiger partial charge >= 0.3 is 5.71 Å². The molecule has 3 aromatic rings. The first-order valence-electron chi connectivity index (χ1n) is 8.08. The van der Waals surface area contributed by atoms with Crippen LogP contribution in [0.1, 0.15) is 17.0 Å². The standard InChI is InChI=1S/C20H16N6/c21-19(22)16-9-14-7-12-5-10-3-1-2-4-11(10)6-13(12)8-15(14)17(20(23)24)18(16)26-25/h1-9,17H,(H3,21,22)(H3,23,24). The van der Waals surface area contributed by atoms with Crippen LogP contribution in [-0.2, 0) is 0 Å². The predicted molar refractivity (Wildman–Crippen MR) is 105 cm³/mol. The molecule has 1 aliphatic rings. The summed E-state index contributed by atoms with van der Waals surface area (Å²) >= 11 is 0. The van der Waals surface area contributed by atoms with E-state index in [2.05, 4.69) is 23.0 Å². The van der Waals surface area contributed by atoms with Gasteiger partial charge in [-0.25, -0.2) is 0 Å². The third-order valence-corrected chi connectivity index (χ3v) is 4.78. The molecule has 126 valence electrons. The minimum atomic E-state index is -0.741. The van der Waals surface area contributed by atoms with Crippen LogP contribution in [0.5, 0.6) is 0 Å². The minimum Gasteiger partial charge on any atom is -0.387 e. The molecule has 4 rings (SSSR count). The Morgan fingerprint density at radius 2 is 1.54 bits per heavy atom. The maximum absolute atomic E-state index is 9.45. The predicted octanol–water partition coefficient (Wildman–Crippen LogP) is 3.02. The normalized spacial score (nSPS) is 16.1. The van der Waals surface area contributed by atoms with Gasteiger partial charge in [0.05, 0.1) is 0 Å². The molecule has 0 fully saturated rings. The summed E-state index contributed by atoms with van der Waals surface area (Å²) in [6.07, 6.45) is 1.71. The largest absolute Gasteiger partial charge is 0.387 e. The molecule has 0 amide bonds. The number of nitrogens with two attached hydrogens (primary N) is 2. The summed E-state index contributed by atoms with van der Waals surface area (Å²) in [5.74, 6) is -1.13. The Balaban J connectivity index is 2.08. The topological polar surface area (TPSA) is 136 Å². The zero-order valence-electron chi connectivity index (χ0n) is 13.8. The number of nitrogens with one attached hydrogen (secondary N) is 2. The van der Waals surface area contributed by atoms with E-state index in [4.69, 9.17) is 22.3 Å². The summed E-state index contributed by atoms with van der Waals surface area (Å²) in [5.41, 5.74) is 22.9. The zero-order chi connectivity index (χ0) is 18.4. The Kier molecular flexibility index (Phi) is 3.42. The van der Waals surface area contributed by atoms with E-state index in [0.29, 0.717) is 0 Å². The van der Waals surface area contributed by atoms with Crippen LogP contribution in [0.3, 0.4) is 0 Å². The number of nitrogens with zero attached hydrogens (tertiary/aromatic N) is 2. The van der Waals surface area contributed by atoms with E-state index in [1.807, 2.05) is 30.3 Å². The van der Waals surface area contributed by atoms with Crippen molar-refractivity contribution >= 4 is 45.0 Å². The Labute approximate surface area is 149 Å². The number of benzene rings is 3. The summed E-state index contributed by atoms with van der Waals surface area (Å²) in [7, 11) is 0. The highest BCUT2D eigenvalue weighted by Crippen LogP contribution is 2.35. The van der Waals surface area contributed by atoms with Gasteiger partial charge in [-0.05, 0) is 63.0 Å². The summed E-state index contributed by atoms with van der Waals surface area (Å²) in [4.78, 5) is 3.29. The van der Waals surface area contributed by atoms with Crippen molar-refractivity contribution < 1.29 is 4.79 Å². The molecular weight excluding hydrogens is 324 g/mol. The van der Waals surface area contributed by atoms with Gasteiger partial charge in [-0.3, -0.25) is 10.8 Å². The van der Waals surface area contributed by atoms with Gasteiger partial charge in [-0.15, -0.1) is 0 Å². The van der Waals surface area contributed by atoms with Crippen LogP contribution in [0.4, 0.5) is 0 Å². The highest BCUT2D eigenvalue weighted by molar-refractivity contribution is 6.31. The number of rotatable bonds is 2. The fourth-order valence-corrected chi connectivity index (χ4v) is 3.58. The fourth-order valence-electron chi connectivity index (χ4n) is 3.58. The highest BCUT2D eigenvalue weighted by atomic mass is 14.9. The van der Waals surface area contributed by atoms with Crippen molar-refractivity contribution in [1.82, 2.24) is 0 Å². The molecule has 0 heterocycles. The smallest absolute Gasteiger partial charge is 0.317 e. The second kappa shape index (κ2) is 5.65. The quantitative estimate of drug-likeness (QED) is 0.187. The van der Waals surface area contributed by atoms with Crippen LogP contribution in [-0.4, -0.2) is 22.2 Å². The number of hydrogen-bond acceptors (Lipinski definition) is 2. The molecule has 0 aliphatic heterocycles. The Morgan fingerprint density at radius 1 is 0.923 bits per heavy atom. The van der Waals surface area contributed by atoms with E-state index in [1.54, 1.807) is 6.08 Å². The molecule has 0 saturated heterocycles. The molecule has 26 heavy (non-hydrogen) atoms. The van der Waals surface area contributed by atoms with Crippen molar-refractivity contribution in [3.05, 3.63) is 70.8 Å². The molecule has 1 aliphatic carbocycles. The Hall–Kier alpha value is -3.76. The lowest BCUT2D eigenvalue weighted by Gasteiger charge is -2.21. The van der Waals surface area contributed by atoms with Gasteiger partial charge in [0.2, 0.25) is 0 Å². The Bertz CT molecular complexity index is 1200. The van der Waals surface area contributed by atoms with E-state index in [1.165, 1.54) is 0 Å². The molecule has 0 spiro atoms. The molecular formula is C20H16N6. The van der Waals surface area contributed by atoms with Crippen LogP contribution in [0.25, 0.3) is 33.2 Å². The number of amidine groups is 2. The van der Waals surface area contributed by atoms with Crippen LogP contribution >= 0.6 is 0 Å².